The number of hydrogen-bond acceptors (Lipinski definition) is 6. The molecule has 0 unspecified atom stereocenters. The summed E-state index contributed by atoms with van der Waals surface area (Å²) in [6.45, 7) is 0.376. The Kier molecular flexibility index (Phi) is 5.79. The van der Waals surface area contributed by atoms with E-state index in [2.05, 4.69) is 5.32 Å². The highest BCUT2D eigenvalue weighted by Gasteiger charge is 2.27. The summed E-state index contributed by atoms with van der Waals surface area (Å²) in [5.41, 5.74) is 1.07. The van der Waals surface area contributed by atoms with Gasteiger partial charge in [-0.05, 0) is 58.8 Å². The molecule has 2 aromatic carbocycles. The van der Waals surface area contributed by atoms with Gasteiger partial charge in [-0.1, -0.05) is 18.2 Å². The number of para-hydroxylation sites is 1. The van der Waals surface area contributed by atoms with Crippen molar-refractivity contribution in [2.75, 3.05) is 5.32 Å². The molecule has 7 nitrogen and oxygen atoms in total. The summed E-state index contributed by atoms with van der Waals surface area (Å²) < 4.78 is 33.7. The van der Waals surface area contributed by atoms with Crippen LogP contribution < -0.4 is 10.1 Å². The number of aromatic nitrogens is 1. The molecule has 0 saturated carbocycles. The van der Waals surface area contributed by atoms with Crippen LogP contribution in [0.5, 0.6) is 11.5 Å². The number of benzene rings is 2. The summed E-state index contributed by atoms with van der Waals surface area (Å²) in [4.78, 5) is 11.5. The zero-order valence-electron chi connectivity index (χ0n) is 16.1. The molecule has 0 atom stereocenters. The van der Waals surface area contributed by atoms with Gasteiger partial charge in [-0.3, -0.25) is 0 Å². The second-order valence-electron chi connectivity index (χ2n) is 6.57. The third-order valence-electron chi connectivity index (χ3n) is 4.46. The molecule has 0 saturated heterocycles. The van der Waals surface area contributed by atoms with Crippen molar-refractivity contribution in [3.63, 3.8) is 0 Å². The van der Waals surface area contributed by atoms with E-state index in [1.165, 1.54) is 29.8 Å². The van der Waals surface area contributed by atoms with Gasteiger partial charge < -0.3 is 15.2 Å². The van der Waals surface area contributed by atoms with Crippen molar-refractivity contribution in [3.05, 3.63) is 94.9 Å². The SMILES string of the molecule is O=C(O)c1cc(NCc2ccsc2)c(Oc2ccccc2)c(S(=O)(=O)n2cccc2)c1. The zero-order valence-corrected chi connectivity index (χ0v) is 17.8. The smallest absolute Gasteiger partial charge is 0.335 e. The quantitative estimate of drug-likeness (QED) is 0.393. The van der Waals surface area contributed by atoms with E-state index in [0.717, 1.165) is 15.6 Å². The van der Waals surface area contributed by atoms with E-state index in [4.69, 9.17) is 4.74 Å². The summed E-state index contributed by atoms with van der Waals surface area (Å²) >= 11 is 1.53. The molecule has 0 radical (unpaired) electrons. The van der Waals surface area contributed by atoms with Gasteiger partial charge in [0.25, 0.3) is 10.0 Å². The predicted octanol–water partition coefficient (Wildman–Crippen LogP) is 4.89. The summed E-state index contributed by atoms with van der Waals surface area (Å²) in [6.07, 6.45) is 2.76. The van der Waals surface area contributed by atoms with Gasteiger partial charge in [0.1, 0.15) is 10.6 Å². The lowest BCUT2D eigenvalue weighted by atomic mass is 10.1. The van der Waals surface area contributed by atoms with Crippen molar-refractivity contribution < 1.29 is 23.1 Å². The number of ether oxygens (including phenoxy) is 1. The molecule has 2 N–H and O–H groups in total. The number of carbonyl (C=O) groups is 1. The van der Waals surface area contributed by atoms with Gasteiger partial charge in [0, 0.05) is 18.9 Å². The molecule has 0 fully saturated rings. The standard InChI is InChI=1S/C22H18N2O5S2/c25-22(26)17-12-19(23-14-16-8-11-30-15-16)21(29-18-6-2-1-3-7-18)20(13-17)31(27,28)24-9-4-5-10-24/h1-13,15,23H,14H2,(H,25,26). The van der Waals surface area contributed by atoms with E-state index in [0.29, 0.717) is 12.3 Å². The van der Waals surface area contributed by atoms with Gasteiger partial charge in [-0.15, -0.1) is 0 Å². The van der Waals surface area contributed by atoms with Crippen molar-refractivity contribution in [3.8, 4) is 11.5 Å². The Bertz CT molecular complexity index is 1280. The van der Waals surface area contributed by atoms with Gasteiger partial charge >= 0.3 is 5.97 Å². The molecule has 2 heterocycles. The van der Waals surface area contributed by atoms with E-state index < -0.39 is 16.0 Å². The molecular formula is C22H18N2O5S2. The third-order valence-corrected chi connectivity index (χ3v) is 6.85. The maximum Gasteiger partial charge on any atom is 0.335 e. The summed E-state index contributed by atoms with van der Waals surface area (Å²) in [7, 11) is -4.11. The van der Waals surface area contributed by atoms with Crippen molar-refractivity contribution in [1.82, 2.24) is 3.97 Å². The Labute approximate surface area is 183 Å². The molecule has 0 bridgehead atoms. The Hall–Kier alpha value is -3.56. The molecule has 0 spiro atoms. The number of hydrogen-bond donors (Lipinski definition) is 2. The molecule has 4 aromatic rings. The molecule has 0 aliphatic carbocycles. The van der Waals surface area contributed by atoms with Crippen LogP contribution in [0.1, 0.15) is 15.9 Å². The number of nitrogens with one attached hydrogen (secondary N) is 1. The Morgan fingerprint density at radius 1 is 1.06 bits per heavy atom. The van der Waals surface area contributed by atoms with Crippen LogP contribution >= 0.6 is 11.3 Å². The first-order valence-corrected chi connectivity index (χ1v) is 11.6. The molecule has 0 amide bonds. The van der Waals surface area contributed by atoms with Crippen LogP contribution in [0.3, 0.4) is 0 Å². The molecule has 2 aromatic heterocycles. The highest BCUT2D eigenvalue weighted by atomic mass is 32.2. The minimum Gasteiger partial charge on any atom is -0.478 e. The fourth-order valence-electron chi connectivity index (χ4n) is 2.94. The minimum absolute atomic E-state index is 0.0279. The number of nitrogens with zero attached hydrogens (tertiary/aromatic N) is 1. The topological polar surface area (TPSA) is 97.6 Å². The van der Waals surface area contributed by atoms with Gasteiger partial charge in [0.05, 0.1) is 11.3 Å². The molecule has 31 heavy (non-hydrogen) atoms. The fourth-order valence-corrected chi connectivity index (χ4v) is 4.96. The number of anilines is 1. The molecule has 9 heteroatoms. The average Bonchev–Trinajstić information content (AvgIpc) is 3.48. The van der Waals surface area contributed by atoms with Crippen LogP contribution in [0, 0.1) is 0 Å². The lowest BCUT2D eigenvalue weighted by Gasteiger charge is -2.18. The summed E-state index contributed by atoms with van der Waals surface area (Å²) in [5, 5.41) is 16.6. The fraction of sp³-hybridized carbons (Fsp3) is 0.0455. The number of carboxylic acid groups (broad SMARTS) is 1. The first-order chi connectivity index (χ1) is 14.9. The zero-order chi connectivity index (χ0) is 21.8. The maximum atomic E-state index is 13.3. The van der Waals surface area contributed by atoms with Crippen LogP contribution in [0.2, 0.25) is 0 Å². The van der Waals surface area contributed by atoms with E-state index in [9.17, 15) is 18.3 Å². The molecule has 0 aliphatic heterocycles. The van der Waals surface area contributed by atoms with E-state index in [-0.39, 0.29) is 21.9 Å². The van der Waals surface area contributed by atoms with Crippen LogP contribution in [0.25, 0.3) is 0 Å². The van der Waals surface area contributed by atoms with Crippen LogP contribution in [0.15, 0.2) is 88.7 Å². The van der Waals surface area contributed by atoms with Gasteiger partial charge in [0.2, 0.25) is 0 Å². The van der Waals surface area contributed by atoms with Crippen LogP contribution in [-0.4, -0.2) is 23.5 Å². The van der Waals surface area contributed by atoms with E-state index in [1.54, 1.807) is 36.4 Å². The van der Waals surface area contributed by atoms with E-state index >= 15 is 0 Å². The normalized spacial score (nSPS) is 11.2. The lowest BCUT2D eigenvalue weighted by Crippen LogP contribution is -2.15. The Balaban J connectivity index is 1.88. The number of thiophene rings is 1. The van der Waals surface area contributed by atoms with Crippen LogP contribution in [-0.2, 0) is 16.6 Å². The third kappa shape index (κ3) is 4.47. The minimum atomic E-state index is -4.11. The second kappa shape index (κ2) is 8.66. The van der Waals surface area contributed by atoms with Crippen molar-refractivity contribution >= 4 is 33.0 Å². The highest BCUT2D eigenvalue weighted by molar-refractivity contribution is 7.90. The molecule has 4 rings (SSSR count). The second-order valence-corrected chi connectivity index (χ2v) is 9.17. The molecule has 158 valence electrons. The maximum absolute atomic E-state index is 13.3. The first-order valence-electron chi connectivity index (χ1n) is 9.23. The number of aromatic carboxylic acids is 1. The van der Waals surface area contributed by atoms with Crippen molar-refractivity contribution in [2.45, 2.75) is 11.4 Å². The largest absolute Gasteiger partial charge is 0.478 e. The molecular weight excluding hydrogens is 436 g/mol. The van der Waals surface area contributed by atoms with E-state index in [1.807, 2.05) is 22.9 Å². The molecule has 0 aliphatic rings. The summed E-state index contributed by atoms with van der Waals surface area (Å²) in [5.74, 6) is -0.790. The van der Waals surface area contributed by atoms with Gasteiger partial charge in [0.15, 0.2) is 5.75 Å². The number of rotatable bonds is 8. The van der Waals surface area contributed by atoms with Crippen molar-refractivity contribution in [1.29, 1.82) is 0 Å². The van der Waals surface area contributed by atoms with Gasteiger partial charge in [-0.25, -0.2) is 17.2 Å². The van der Waals surface area contributed by atoms with Crippen LogP contribution in [0.4, 0.5) is 5.69 Å². The van der Waals surface area contributed by atoms with Gasteiger partial charge in [-0.2, -0.15) is 11.3 Å². The first kappa shape index (κ1) is 20.7. The average molecular weight is 455 g/mol. The highest BCUT2D eigenvalue weighted by Crippen LogP contribution is 2.38. The monoisotopic (exact) mass is 454 g/mol. The lowest BCUT2D eigenvalue weighted by molar-refractivity contribution is 0.0696. The number of carboxylic acids is 1. The Morgan fingerprint density at radius 3 is 2.45 bits per heavy atom. The summed E-state index contributed by atoms with van der Waals surface area (Å²) in [6, 6.07) is 16.3. The predicted molar refractivity (Wildman–Crippen MR) is 119 cm³/mol. The Morgan fingerprint density at radius 2 is 1.81 bits per heavy atom. The van der Waals surface area contributed by atoms with Crippen molar-refractivity contribution in [2.24, 2.45) is 0 Å².